The Kier molecular flexibility index (Phi) is 4.94. The first kappa shape index (κ1) is 16.9. The van der Waals surface area contributed by atoms with Crippen LogP contribution in [0.2, 0.25) is 0 Å². The van der Waals surface area contributed by atoms with Crippen LogP contribution in [0.3, 0.4) is 0 Å². The molecule has 2 aromatic heterocycles. The highest BCUT2D eigenvalue weighted by molar-refractivity contribution is 7.17. The summed E-state index contributed by atoms with van der Waals surface area (Å²) in [7, 11) is 0. The molecule has 10 heteroatoms. The molecule has 0 atom stereocenters. The number of hydrogen-bond acceptors (Lipinski definition) is 6. The molecular weight excluding hydrogens is 335 g/mol. The number of ether oxygens (including phenoxy) is 1. The van der Waals surface area contributed by atoms with Crippen LogP contribution >= 0.6 is 11.3 Å². The van der Waals surface area contributed by atoms with Crippen LogP contribution in [0.1, 0.15) is 27.0 Å². The van der Waals surface area contributed by atoms with E-state index in [9.17, 15) is 22.8 Å². The van der Waals surface area contributed by atoms with E-state index in [0.717, 1.165) is 23.6 Å². The number of Topliss-reactive ketones (excluding diaryl/α,β-unsaturated/α-hetero) is 1. The van der Waals surface area contributed by atoms with Gasteiger partial charge < -0.3 is 4.74 Å². The quantitative estimate of drug-likeness (QED) is 0.843. The number of carbonyl (C=O) groups is 2. The van der Waals surface area contributed by atoms with Gasteiger partial charge >= 0.3 is 6.18 Å². The minimum absolute atomic E-state index is 0.115. The zero-order valence-electron chi connectivity index (χ0n) is 11.7. The van der Waals surface area contributed by atoms with Gasteiger partial charge in [0.2, 0.25) is 5.88 Å². The molecule has 0 bridgehead atoms. The van der Waals surface area contributed by atoms with Crippen molar-refractivity contribution in [3.05, 3.63) is 35.0 Å². The maximum Gasteiger partial charge on any atom is 0.422 e. The number of nitrogens with one attached hydrogen (secondary N) is 1. The Bertz CT molecular complexity index is 713. The molecule has 122 valence electrons. The van der Waals surface area contributed by atoms with E-state index in [4.69, 9.17) is 0 Å². The molecule has 0 fully saturated rings. The van der Waals surface area contributed by atoms with Crippen LogP contribution in [-0.2, 0) is 0 Å². The molecule has 0 aliphatic rings. The Morgan fingerprint density at radius 3 is 2.52 bits per heavy atom. The molecule has 0 saturated heterocycles. The number of ketones is 1. The zero-order valence-corrected chi connectivity index (χ0v) is 12.5. The Hall–Kier alpha value is -2.49. The van der Waals surface area contributed by atoms with Gasteiger partial charge in [-0.3, -0.25) is 14.9 Å². The second-order valence-electron chi connectivity index (χ2n) is 4.33. The van der Waals surface area contributed by atoms with Gasteiger partial charge in [-0.1, -0.05) is 11.3 Å². The summed E-state index contributed by atoms with van der Waals surface area (Å²) in [6, 6.07) is 2.43. The number of nitrogens with zero attached hydrogens (tertiary/aromatic N) is 2. The van der Waals surface area contributed by atoms with Gasteiger partial charge in [-0.05, 0) is 6.07 Å². The van der Waals surface area contributed by atoms with E-state index >= 15 is 0 Å². The molecule has 1 amide bonds. The smallest absolute Gasteiger partial charge is 0.422 e. The van der Waals surface area contributed by atoms with Gasteiger partial charge in [-0.15, -0.1) is 0 Å². The SMILES string of the molecule is CC(=O)c1cnc(NC(=O)c2ccc(OCC(F)(F)F)nc2)s1. The molecule has 0 unspecified atom stereocenters. The van der Waals surface area contributed by atoms with Crippen molar-refractivity contribution in [3.8, 4) is 5.88 Å². The largest absolute Gasteiger partial charge is 0.468 e. The number of anilines is 1. The second-order valence-corrected chi connectivity index (χ2v) is 5.36. The van der Waals surface area contributed by atoms with Gasteiger partial charge in [0.15, 0.2) is 17.5 Å². The zero-order chi connectivity index (χ0) is 17.0. The van der Waals surface area contributed by atoms with Gasteiger partial charge in [0.05, 0.1) is 16.6 Å². The maximum absolute atomic E-state index is 12.0. The molecule has 2 rings (SSSR count). The molecule has 0 spiro atoms. The average molecular weight is 345 g/mol. The number of carbonyl (C=O) groups excluding carboxylic acids is 2. The number of alkyl halides is 3. The molecule has 0 radical (unpaired) electrons. The summed E-state index contributed by atoms with van der Waals surface area (Å²) < 4.78 is 40.4. The van der Waals surface area contributed by atoms with Crippen LogP contribution in [-0.4, -0.2) is 34.4 Å². The molecule has 0 aromatic carbocycles. The van der Waals surface area contributed by atoms with Crippen molar-refractivity contribution in [3.63, 3.8) is 0 Å². The van der Waals surface area contributed by atoms with Crippen molar-refractivity contribution in [2.24, 2.45) is 0 Å². The highest BCUT2D eigenvalue weighted by Gasteiger charge is 2.28. The van der Waals surface area contributed by atoms with E-state index in [2.05, 4.69) is 20.0 Å². The minimum Gasteiger partial charge on any atom is -0.468 e. The summed E-state index contributed by atoms with van der Waals surface area (Å²) >= 11 is 1.02. The maximum atomic E-state index is 12.0. The summed E-state index contributed by atoms with van der Waals surface area (Å²) in [4.78, 5) is 31.0. The number of halogens is 3. The van der Waals surface area contributed by atoms with Crippen molar-refractivity contribution < 1.29 is 27.5 Å². The molecule has 0 saturated carbocycles. The highest BCUT2D eigenvalue weighted by Crippen LogP contribution is 2.20. The van der Waals surface area contributed by atoms with Crippen molar-refractivity contribution >= 4 is 28.2 Å². The monoisotopic (exact) mass is 345 g/mol. The summed E-state index contributed by atoms with van der Waals surface area (Å²) in [6.45, 7) is -0.0822. The Morgan fingerprint density at radius 2 is 2.00 bits per heavy atom. The van der Waals surface area contributed by atoms with Gasteiger partial charge in [0.1, 0.15) is 0 Å². The third-order valence-corrected chi connectivity index (χ3v) is 3.47. The predicted molar refractivity (Wildman–Crippen MR) is 75.9 cm³/mol. The van der Waals surface area contributed by atoms with Crippen LogP contribution in [0.15, 0.2) is 24.5 Å². The fourth-order valence-corrected chi connectivity index (χ4v) is 2.13. The topological polar surface area (TPSA) is 81.2 Å². The van der Waals surface area contributed by atoms with Gasteiger partial charge in [0.25, 0.3) is 5.91 Å². The lowest BCUT2D eigenvalue weighted by Crippen LogP contribution is -2.19. The summed E-state index contributed by atoms with van der Waals surface area (Å²) in [5.74, 6) is -0.966. The lowest BCUT2D eigenvalue weighted by Gasteiger charge is -2.08. The number of pyridine rings is 1. The van der Waals surface area contributed by atoms with E-state index in [-0.39, 0.29) is 22.4 Å². The third-order valence-electron chi connectivity index (χ3n) is 2.46. The molecular formula is C13H10F3N3O3S. The lowest BCUT2D eigenvalue weighted by atomic mass is 10.3. The van der Waals surface area contributed by atoms with E-state index < -0.39 is 18.7 Å². The molecule has 0 aliphatic heterocycles. The van der Waals surface area contributed by atoms with Crippen molar-refractivity contribution in [1.82, 2.24) is 9.97 Å². The number of thiazole rings is 1. The van der Waals surface area contributed by atoms with Crippen LogP contribution < -0.4 is 10.1 Å². The van der Waals surface area contributed by atoms with Crippen molar-refractivity contribution in [2.45, 2.75) is 13.1 Å². The standard InChI is InChI=1S/C13H10F3N3O3S/c1-7(20)9-5-18-12(23-9)19-11(21)8-2-3-10(17-4-8)22-6-13(14,15)16/h2-5H,6H2,1H3,(H,18,19,21). The van der Waals surface area contributed by atoms with Gasteiger partial charge in [0, 0.05) is 19.2 Å². The normalized spacial score (nSPS) is 11.1. The Balaban J connectivity index is 1.98. The Labute approximate surface area is 132 Å². The van der Waals surface area contributed by atoms with Crippen molar-refractivity contribution in [1.29, 1.82) is 0 Å². The Morgan fingerprint density at radius 1 is 1.26 bits per heavy atom. The number of amides is 1. The van der Waals surface area contributed by atoms with Crippen LogP contribution in [0.25, 0.3) is 0 Å². The summed E-state index contributed by atoms with van der Waals surface area (Å²) in [6.07, 6.45) is -2.04. The van der Waals surface area contributed by atoms with Crippen molar-refractivity contribution in [2.75, 3.05) is 11.9 Å². The van der Waals surface area contributed by atoms with E-state index in [0.29, 0.717) is 4.88 Å². The minimum atomic E-state index is -4.46. The van der Waals surface area contributed by atoms with E-state index in [1.165, 1.54) is 19.2 Å². The first-order chi connectivity index (χ1) is 10.7. The van der Waals surface area contributed by atoms with E-state index in [1.54, 1.807) is 0 Å². The number of aromatic nitrogens is 2. The fraction of sp³-hybridized carbons (Fsp3) is 0.231. The average Bonchev–Trinajstić information content (AvgIpc) is 2.93. The number of rotatable bonds is 5. The van der Waals surface area contributed by atoms with Gasteiger partial charge in [-0.25, -0.2) is 9.97 Å². The third kappa shape index (κ3) is 5.02. The number of hydrogen-bond donors (Lipinski definition) is 1. The summed E-state index contributed by atoms with van der Waals surface area (Å²) in [5, 5.41) is 2.70. The molecule has 1 N–H and O–H groups in total. The van der Waals surface area contributed by atoms with E-state index in [1.807, 2.05) is 0 Å². The van der Waals surface area contributed by atoms with Crippen LogP contribution in [0, 0.1) is 0 Å². The first-order valence-corrected chi connectivity index (χ1v) is 7.00. The van der Waals surface area contributed by atoms with Crippen LogP contribution in [0.4, 0.5) is 18.3 Å². The van der Waals surface area contributed by atoms with Gasteiger partial charge in [-0.2, -0.15) is 13.2 Å². The van der Waals surface area contributed by atoms with Crippen LogP contribution in [0.5, 0.6) is 5.88 Å². The fourth-order valence-electron chi connectivity index (χ4n) is 1.42. The molecule has 2 aromatic rings. The molecule has 2 heterocycles. The summed E-state index contributed by atoms with van der Waals surface area (Å²) in [5.41, 5.74) is 0.115. The highest BCUT2D eigenvalue weighted by atomic mass is 32.1. The lowest BCUT2D eigenvalue weighted by molar-refractivity contribution is -0.154. The molecule has 23 heavy (non-hydrogen) atoms. The second kappa shape index (κ2) is 6.73. The molecule has 0 aliphatic carbocycles. The predicted octanol–water partition coefficient (Wildman–Crippen LogP) is 2.93. The molecule has 6 nitrogen and oxygen atoms in total. The first-order valence-electron chi connectivity index (χ1n) is 6.18.